The number of nitrogens with one attached hydrogen (secondary N) is 1. The summed E-state index contributed by atoms with van der Waals surface area (Å²) in [6, 6.07) is 5.34. The quantitative estimate of drug-likeness (QED) is 0.905. The van der Waals surface area contributed by atoms with Crippen LogP contribution >= 0.6 is 0 Å². The molecule has 1 saturated heterocycles. The van der Waals surface area contributed by atoms with Crippen molar-refractivity contribution < 1.29 is 21.6 Å². The molecule has 1 aliphatic heterocycles. The van der Waals surface area contributed by atoms with Gasteiger partial charge in [-0.3, -0.25) is 0 Å². The van der Waals surface area contributed by atoms with E-state index in [0.717, 1.165) is 6.07 Å². The lowest BCUT2D eigenvalue weighted by Crippen LogP contribution is -2.49. The van der Waals surface area contributed by atoms with E-state index in [2.05, 4.69) is 5.32 Å². The molecule has 0 radical (unpaired) electrons. The Labute approximate surface area is 115 Å². The number of hydrogen-bond acceptors (Lipinski definition) is 4. The molecule has 0 saturated carbocycles. The number of halogens is 3. The topological polar surface area (TPSA) is 49.4 Å². The van der Waals surface area contributed by atoms with Gasteiger partial charge in [0.15, 0.2) is 0 Å². The molecule has 1 aliphatic rings. The van der Waals surface area contributed by atoms with Crippen molar-refractivity contribution in [3.63, 3.8) is 0 Å². The van der Waals surface area contributed by atoms with Crippen molar-refractivity contribution in [3.8, 4) is 0 Å². The fraction of sp³-hybridized carbons (Fsp3) is 0.500. The van der Waals surface area contributed by atoms with Gasteiger partial charge in [0.2, 0.25) is 0 Å². The predicted molar refractivity (Wildman–Crippen MR) is 69.4 cm³/mol. The maximum absolute atomic E-state index is 12.7. The molecule has 0 aromatic heterocycles. The number of piperazine rings is 1. The third-order valence-electron chi connectivity index (χ3n) is 3.17. The summed E-state index contributed by atoms with van der Waals surface area (Å²) in [7, 11) is -5.34. The summed E-state index contributed by atoms with van der Waals surface area (Å²) in [5.41, 5.74) is -5.18. The summed E-state index contributed by atoms with van der Waals surface area (Å²) < 4.78 is 61.4. The van der Waals surface area contributed by atoms with Crippen LogP contribution in [0.3, 0.4) is 0 Å². The zero-order chi connectivity index (χ0) is 15.0. The van der Waals surface area contributed by atoms with Crippen LogP contribution in [-0.4, -0.2) is 39.6 Å². The Bertz CT molecular complexity index is 587. The number of rotatable bonds is 2. The van der Waals surface area contributed by atoms with Crippen molar-refractivity contribution in [2.45, 2.75) is 23.4 Å². The molecule has 2 rings (SSSR count). The molecule has 4 nitrogen and oxygen atoms in total. The Kier molecular flexibility index (Phi) is 3.97. The summed E-state index contributed by atoms with van der Waals surface area (Å²) in [6.07, 6.45) is 0. The average Bonchev–Trinajstić information content (AvgIpc) is 2.37. The van der Waals surface area contributed by atoms with Crippen LogP contribution in [0, 0.1) is 0 Å². The molecule has 1 fully saturated rings. The Hall–Kier alpha value is -1.28. The van der Waals surface area contributed by atoms with Gasteiger partial charge in [0.05, 0.1) is 10.6 Å². The van der Waals surface area contributed by atoms with E-state index in [0.29, 0.717) is 19.6 Å². The largest absolute Gasteiger partial charge is 0.501 e. The van der Waals surface area contributed by atoms with Crippen LogP contribution in [0.1, 0.15) is 6.92 Å². The van der Waals surface area contributed by atoms with Crippen molar-refractivity contribution in [3.05, 3.63) is 24.3 Å². The molecule has 0 unspecified atom stereocenters. The van der Waals surface area contributed by atoms with Gasteiger partial charge >= 0.3 is 5.51 Å². The number of para-hydroxylation sites is 1. The molecular weight excluding hydrogens is 293 g/mol. The number of hydrogen-bond donors (Lipinski definition) is 1. The molecule has 1 aromatic rings. The van der Waals surface area contributed by atoms with E-state index in [9.17, 15) is 21.6 Å². The third kappa shape index (κ3) is 2.76. The lowest BCUT2D eigenvalue weighted by atomic mass is 10.2. The normalized spacial score (nSPS) is 21.0. The maximum atomic E-state index is 12.7. The smallest absolute Gasteiger partial charge is 0.368 e. The van der Waals surface area contributed by atoms with Gasteiger partial charge in [0.1, 0.15) is 0 Å². The highest BCUT2D eigenvalue weighted by Gasteiger charge is 2.48. The molecule has 8 heteroatoms. The van der Waals surface area contributed by atoms with Crippen LogP contribution in [0.2, 0.25) is 0 Å². The molecule has 1 aromatic carbocycles. The van der Waals surface area contributed by atoms with Gasteiger partial charge in [-0.1, -0.05) is 12.1 Å². The van der Waals surface area contributed by atoms with E-state index in [1.54, 1.807) is 4.90 Å². The molecule has 0 aliphatic carbocycles. The van der Waals surface area contributed by atoms with Crippen molar-refractivity contribution in [1.82, 2.24) is 5.32 Å². The average molecular weight is 308 g/mol. The zero-order valence-corrected chi connectivity index (χ0v) is 11.6. The molecular formula is C12H15F3N2O2S. The SMILES string of the molecule is C[C@H]1CN(c2ccccc2S(=O)(=O)C(F)(F)F)CCN1. The summed E-state index contributed by atoms with van der Waals surface area (Å²) >= 11 is 0. The zero-order valence-electron chi connectivity index (χ0n) is 10.8. The third-order valence-corrected chi connectivity index (χ3v) is 4.70. The first-order chi connectivity index (χ1) is 9.23. The number of alkyl halides is 3. The van der Waals surface area contributed by atoms with Crippen LogP contribution in [0.15, 0.2) is 29.2 Å². The first-order valence-electron chi connectivity index (χ1n) is 6.12. The van der Waals surface area contributed by atoms with E-state index < -0.39 is 20.2 Å². The van der Waals surface area contributed by atoms with Gasteiger partial charge in [0, 0.05) is 25.7 Å². The standard InChI is InChI=1S/C12H15F3N2O2S/c1-9-8-17(7-6-16-9)10-4-2-3-5-11(10)20(18,19)12(13,14)15/h2-5,9,16H,6-8H2,1H3/t9-/m0/s1. The second-order valence-corrected chi connectivity index (χ2v) is 6.63. The number of nitrogens with zero attached hydrogens (tertiary/aromatic N) is 1. The van der Waals surface area contributed by atoms with Gasteiger partial charge in [-0.25, -0.2) is 8.42 Å². The molecule has 0 bridgehead atoms. The van der Waals surface area contributed by atoms with Gasteiger partial charge in [-0.05, 0) is 19.1 Å². The molecule has 0 spiro atoms. The molecule has 1 heterocycles. The van der Waals surface area contributed by atoms with Crippen LogP contribution in [-0.2, 0) is 9.84 Å². The van der Waals surface area contributed by atoms with Crippen molar-refractivity contribution in [2.75, 3.05) is 24.5 Å². The Morgan fingerprint density at radius 3 is 2.55 bits per heavy atom. The summed E-state index contributed by atoms with van der Waals surface area (Å²) in [6.45, 7) is 3.42. The highest BCUT2D eigenvalue weighted by atomic mass is 32.2. The van der Waals surface area contributed by atoms with Crippen LogP contribution < -0.4 is 10.2 Å². The monoisotopic (exact) mass is 308 g/mol. The molecule has 1 N–H and O–H groups in total. The lowest BCUT2D eigenvalue weighted by molar-refractivity contribution is -0.0435. The minimum absolute atomic E-state index is 0.0883. The van der Waals surface area contributed by atoms with Crippen molar-refractivity contribution in [2.24, 2.45) is 0 Å². The van der Waals surface area contributed by atoms with Gasteiger partial charge in [0.25, 0.3) is 9.84 Å². The highest BCUT2D eigenvalue weighted by Crippen LogP contribution is 2.35. The summed E-state index contributed by atoms with van der Waals surface area (Å²) in [5, 5.41) is 3.16. The van der Waals surface area contributed by atoms with E-state index in [1.165, 1.54) is 18.2 Å². The van der Waals surface area contributed by atoms with Crippen LogP contribution in [0.25, 0.3) is 0 Å². The van der Waals surface area contributed by atoms with E-state index in [1.807, 2.05) is 6.92 Å². The predicted octanol–water partition coefficient (Wildman–Crippen LogP) is 1.78. The highest BCUT2D eigenvalue weighted by molar-refractivity contribution is 7.92. The fourth-order valence-corrected chi connectivity index (χ4v) is 3.20. The molecule has 1 atom stereocenters. The lowest BCUT2D eigenvalue weighted by Gasteiger charge is -2.34. The van der Waals surface area contributed by atoms with E-state index in [4.69, 9.17) is 0 Å². The first-order valence-corrected chi connectivity index (χ1v) is 7.60. The van der Waals surface area contributed by atoms with Crippen LogP contribution in [0.5, 0.6) is 0 Å². The van der Waals surface area contributed by atoms with Crippen molar-refractivity contribution >= 4 is 15.5 Å². The molecule has 20 heavy (non-hydrogen) atoms. The minimum Gasteiger partial charge on any atom is -0.368 e. The Morgan fingerprint density at radius 2 is 1.95 bits per heavy atom. The summed E-state index contributed by atoms with van der Waals surface area (Å²) in [5.74, 6) is 0. The first kappa shape index (κ1) is 15.1. The van der Waals surface area contributed by atoms with E-state index in [-0.39, 0.29) is 11.7 Å². The van der Waals surface area contributed by atoms with Gasteiger partial charge < -0.3 is 10.2 Å². The number of anilines is 1. The Morgan fingerprint density at radius 1 is 1.30 bits per heavy atom. The summed E-state index contributed by atoms with van der Waals surface area (Å²) in [4.78, 5) is 0.987. The Balaban J connectivity index is 2.46. The van der Waals surface area contributed by atoms with Gasteiger partial charge in [-0.2, -0.15) is 13.2 Å². The number of sulfone groups is 1. The van der Waals surface area contributed by atoms with E-state index >= 15 is 0 Å². The second kappa shape index (κ2) is 5.25. The van der Waals surface area contributed by atoms with Gasteiger partial charge in [-0.15, -0.1) is 0 Å². The van der Waals surface area contributed by atoms with Crippen molar-refractivity contribution in [1.29, 1.82) is 0 Å². The fourth-order valence-electron chi connectivity index (χ4n) is 2.22. The molecule has 112 valence electrons. The van der Waals surface area contributed by atoms with Crippen LogP contribution in [0.4, 0.5) is 18.9 Å². The second-order valence-electron chi connectivity index (χ2n) is 4.72. The maximum Gasteiger partial charge on any atom is 0.501 e. The molecule has 0 amide bonds. The minimum atomic E-state index is -5.34. The number of benzene rings is 1.